The van der Waals surface area contributed by atoms with Gasteiger partial charge in [-0.3, -0.25) is 4.79 Å². The van der Waals surface area contributed by atoms with Crippen LogP contribution in [0, 0.1) is 0 Å². The van der Waals surface area contributed by atoms with E-state index in [-0.39, 0.29) is 12.5 Å². The number of benzene rings is 1. The molecule has 0 saturated carbocycles. The number of likely N-dealkylation sites (tertiary alicyclic amines) is 1. The molecule has 1 atom stereocenters. The molecule has 0 aliphatic carbocycles. The van der Waals surface area contributed by atoms with Crippen molar-refractivity contribution in [3.63, 3.8) is 0 Å². The van der Waals surface area contributed by atoms with Gasteiger partial charge >= 0.3 is 0 Å². The monoisotopic (exact) mass is 265 g/mol. The lowest BCUT2D eigenvalue weighted by Gasteiger charge is -2.19. The number of aliphatic hydroxyl groups is 1. The molecule has 5 heteroatoms. The summed E-state index contributed by atoms with van der Waals surface area (Å²) in [5.74, 6) is 1.02. The Balaban J connectivity index is 1.90. The molecule has 0 radical (unpaired) electrons. The molecule has 2 rings (SSSR count). The second kappa shape index (κ2) is 5.48. The number of β-amino-alcohol motifs (C(OH)–C–C–N with tert-alkyl or cyclic N) is 1. The molecule has 1 heterocycles. The van der Waals surface area contributed by atoms with Crippen molar-refractivity contribution in [2.75, 3.05) is 26.8 Å². The average Bonchev–Trinajstić information content (AvgIpc) is 2.76. The lowest BCUT2D eigenvalue weighted by Crippen LogP contribution is -2.36. The summed E-state index contributed by atoms with van der Waals surface area (Å²) in [6.07, 6.45) is 0.605. The molecule has 104 valence electrons. The Kier molecular flexibility index (Phi) is 3.95. The van der Waals surface area contributed by atoms with Crippen LogP contribution in [-0.2, 0) is 4.79 Å². The highest BCUT2D eigenvalue weighted by Gasteiger charge is 2.33. The molecule has 0 aromatic heterocycles. The van der Waals surface area contributed by atoms with Crippen LogP contribution in [0.25, 0.3) is 0 Å². The molecule has 0 spiro atoms. The van der Waals surface area contributed by atoms with Crippen LogP contribution >= 0.6 is 0 Å². The maximum atomic E-state index is 12.0. The first-order chi connectivity index (χ1) is 9.02. The number of rotatable bonds is 4. The third-order valence-corrected chi connectivity index (χ3v) is 3.22. The van der Waals surface area contributed by atoms with E-state index in [4.69, 9.17) is 9.47 Å². The zero-order valence-electron chi connectivity index (χ0n) is 11.3. The third-order valence-electron chi connectivity index (χ3n) is 3.22. The van der Waals surface area contributed by atoms with Gasteiger partial charge in [-0.1, -0.05) is 12.1 Å². The lowest BCUT2D eigenvalue weighted by atomic mass is 10.1. The number of amides is 1. The van der Waals surface area contributed by atoms with Crippen LogP contribution in [0.5, 0.6) is 11.5 Å². The number of carbonyl (C=O) groups excluding carboxylic acids is 1. The van der Waals surface area contributed by atoms with E-state index < -0.39 is 5.60 Å². The van der Waals surface area contributed by atoms with Gasteiger partial charge in [-0.2, -0.15) is 0 Å². The molecular formula is C14H19NO4. The number of para-hydroxylation sites is 2. The Hall–Kier alpha value is -1.75. The molecule has 0 bridgehead atoms. The Morgan fingerprint density at radius 1 is 1.42 bits per heavy atom. The van der Waals surface area contributed by atoms with Crippen molar-refractivity contribution in [1.82, 2.24) is 4.90 Å². The third kappa shape index (κ3) is 3.38. The minimum atomic E-state index is -0.778. The molecular weight excluding hydrogens is 246 g/mol. The van der Waals surface area contributed by atoms with Gasteiger partial charge in [-0.05, 0) is 25.5 Å². The van der Waals surface area contributed by atoms with Gasteiger partial charge in [-0.25, -0.2) is 0 Å². The van der Waals surface area contributed by atoms with Crippen LogP contribution in [0.15, 0.2) is 24.3 Å². The molecule has 1 amide bonds. The molecule has 1 aliphatic rings. The molecule has 19 heavy (non-hydrogen) atoms. The molecule has 1 unspecified atom stereocenters. The van der Waals surface area contributed by atoms with Gasteiger partial charge in [0.1, 0.15) is 0 Å². The zero-order chi connectivity index (χ0) is 13.9. The van der Waals surface area contributed by atoms with Crippen LogP contribution in [0.4, 0.5) is 0 Å². The SMILES string of the molecule is COc1ccccc1OCC(=O)N1CCC(C)(O)C1. The van der Waals surface area contributed by atoms with Crippen LogP contribution < -0.4 is 9.47 Å². The first-order valence-corrected chi connectivity index (χ1v) is 6.28. The number of hydrogen-bond donors (Lipinski definition) is 1. The molecule has 1 aromatic carbocycles. The van der Waals surface area contributed by atoms with E-state index in [1.165, 1.54) is 0 Å². The highest BCUT2D eigenvalue weighted by molar-refractivity contribution is 5.78. The van der Waals surface area contributed by atoms with Crippen molar-refractivity contribution < 1.29 is 19.4 Å². The van der Waals surface area contributed by atoms with Crippen molar-refractivity contribution in [3.8, 4) is 11.5 Å². The van der Waals surface area contributed by atoms with Crippen LogP contribution in [0.3, 0.4) is 0 Å². The Bertz CT molecular complexity index is 459. The van der Waals surface area contributed by atoms with Crippen LogP contribution in [0.2, 0.25) is 0 Å². The van der Waals surface area contributed by atoms with Gasteiger partial charge in [0.05, 0.1) is 12.7 Å². The van der Waals surface area contributed by atoms with E-state index in [1.807, 2.05) is 12.1 Å². The minimum Gasteiger partial charge on any atom is -0.493 e. The average molecular weight is 265 g/mol. The first-order valence-electron chi connectivity index (χ1n) is 6.28. The number of nitrogens with zero attached hydrogens (tertiary/aromatic N) is 1. The summed E-state index contributed by atoms with van der Waals surface area (Å²) < 4.78 is 10.6. The maximum Gasteiger partial charge on any atom is 0.260 e. The van der Waals surface area contributed by atoms with E-state index in [0.717, 1.165) is 0 Å². The van der Waals surface area contributed by atoms with E-state index in [9.17, 15) is 9.90 Å². The first kappa shape index (κ1) is 13.7. The fraction of sp³-hybridized carbons (Fsp3) is 0.500. The Morgan fingerprint density at radius 3 is 2.68 bits per heavy atom. The van der Waals surface area contributed by atoms with E-state index in [2.05, 4.69) is 0 Å². The highest BCUT2D eigenvalue weighted by Crippen LogP contribution is 2.26. The van der Waals surface area contributed by atoms with Crippen molar-refractivity contribution >= 4 is 5.91 Å². The summed E-state index contributed by atoms with van der Waals surface area (Å²) in [6.45, 7) is 2.63. The van der Waals surface area contributed by atoms with E-state index in [0.29, 0.717) is 31.0 Å². The second-order valence-corrected chi connectivity index (χ2v) is 5.00. The molecule has 1 aromatic rings. The number of methoxy groups -OCH3 is 1. The predicted octanol–water partition coefficient (Wildman–Crippen LogP) is 1.06. The van der Waals surface area contributed by atoms with Gasteiger partial charge in [0.2, 0.25) is 0 Å². The van der Waals surface area contributed by atoms with Crippen LogP contribution in [0.1, 0.15) is 13.3 Å². The minimum absolute atomic E-state index is 0.0452. The zero-order valence-corrected chi connectivity index (χ0v) is 11.3. The molecule has 1 fully saturated rings. The highest BCUT2D eigenvalue weighted by atomic mass is 16.5. The smallest absolute Gasteiger partial charge is 0.260 e. The van der Waals surface area contributed by atoms with Crippen molar-refractivity contribution in [2.45, 2.75) is 18.9 Å². The van der Waals surface area contributed by atoms with Gasteiger partial charge in [0, 0.05) is 13.1 Å². The molecule has 1 N–H and O–H groups in total. The summed E-state index contributed by atoms with van der Waals surface area (Å²) in [5, 5.41) is 9.83. The van der Waals surface area contributed by atoms with Gasteiger partial charge < -0.3 is 19.5 Å². The van der Waals surface area contributed by atoms with E-state index >= 15 is 0 Å². The van der Waals surface area contributed by atoms with Crippen molar-refractivity contribution in [1.29, 1.82) is 0 Å². The summed E-state index contributed by atoms with van der Waals surface area (Å²) >= 11 is 0. The summed E-state index contributed by atoms with van der Waals surface area (Å²) in [5.41, 5.74) is -0.778. The number of ether oxygens (including phenoxy) is 2. The fourth-order valence-corrected chi connectivity index (χ4v) is 2.13. The van der Waals surface area contributed by atoms with Crippen molar-refractivity contribution in [2.24, 2.45) is 0 Å². The normalized spacial score (nSPS) is 22.4. The molecule has 5 nitrogen and oxygen atoms in total. The van der Waals surface area contributed by atoms with E-state index in [1.54, 1.807) is 31.1 Å². The van der Waals surface area contributed by atoms with Crippen LogP contribution in [-0.4, -0.2) is 48.3 Å². The maximum absolute atomic E-state index is 12.0. The predicted molar refractivity (Wildman–Crippen MR) is 70.3 cm³/mol. The number of carbonyl (C=O) groups is 1. The lowest BCUT2D eigenvalue weighted by molar-refractivity contribution is -0.133. The largest absolute Gasteiger partial charge is 0.493 e. The second-order valence-electron chi connectivity index (χ2n) is 5.00. The summed E-state index contributed by atoms with van der Waals surface area (Å²) in [6, 6.07) is 7.20. The van der Waals surface area contributed by atoms with Gasteiger partial charge in [0.25, 0.3) is 5.91 Å². The standard InChI is InChI=1S/C14H19NO4/c1-14(17)7-8-15(10-14)13(16)9-19-12-6-4-3-5-11(12)18-2/h3-6,17H,7-10H2,1-2H3. The number of hydrogen-bond acceptors (Lipinski definition) is 4. The van der Waals surface area contributed by atoms with Crippen molar-refractivity contribution in [3.05, 3.63) is 24.3 Å². The Morgan fingerprint density at radius 2 is 2.11 bits per heavy atom. The molecule has 1 saturated heterocycles. The topological polar surface area (TPSA) is 59.0 Å². The summed E-state index contributed by atoms with van der Waals surface area (Å²) in [7, 11) is 1.56. The quantitative estimate of drug-likeness (QED) is 0.884. The van der Waals surface area contributed by atoms with Gasteiger partial charge in [0.15, 0.2) is 18.1 Å². The summed E-state index contributed by atoms with van der Waals surface area (Å²) in [4.78, 5) is 13.6. The molecule has 1 aliphatic heterocycles. The Labute approximate surface area is 112 Å². The van der Waals surface area contributed by atoms with Gasteiger partial charge in [-0.15, -0.1) is 0 Å². The fourth-order valence-electron chi connectivity index (χ4n) is 2.13.